The Morgan fingerprint density at radius 2 is 1.10 bits per heavy atom. The van der Waals surface area contributed by atoms with E-state index in [2.05, 4.69) is 63.5 Å². The maximum atomic E-state index is 15.2. The number of fused-ring (bicyclic) bond motifs is 1. The quantitative estimate of drug-likeness (QED) is 0.0249. The largest absolute Gasteiger partial charge is 0.508 e. The Kier molecular flexibility index (Phi) is 33.6. The number of pyridine rings is 1. The van der Waals surface area contributed by atoms with Crippen molar-refractivity contribution in [3.8, 4) is 5.75 Å². The first-order valence-corrected chi connectivity index (χ1v) is 36.6. The molecule has 6 rings (SSSR count). The molecule has 0 spiro atoms. The van der Waals surface area contributed by atoms with E-state index in [0.29, 0.717) is 73.3 Å². The first-order chi connectivity index (χ1) is 49.9. The normalized spacial score (nSPS) is 15.7. The predicted molar refractivity (Wildman–Crippen MR) is 400 cm³/mol. The standard InChI is InChI=1S/C77H107ClN14O13/c1-46(2)38-61(69(98)86-60(22-13-15-36-82-48(5)6)75(104)92-37-17-23-66(92)74(103)83-49(7)67(79)96)87-70(99)62(40-51-27-32-58(95)33-28-51)88-68(97)59(21-12-14-35-81-47(3)4)85-72(101)65(45-93)89-71(100)63(42-54-18-16-34-80-44-54)90-76(105)77(9,43-52-25-30-57(78)31-26-52)91-73(102)64(84-50(8)94)41-53-24-29-55-19-10-11-20-56(55)39-53/h10-11,16,18-20,24-34,39,44,46-49,59-66,81-82,93,95H,12-15,17,21-23,35-38,40-43,45H2,1-9H3,(H2,79,96)(H,83,103)(H,84,94)(H,85,101)(H,86,98)(H,87,99)(H,88,97)(H,89,100)(H,90,105)(H,91,102). The Morgan fingerprint density at radius 1 is 0.571 bits per heavy atom. The molecule has 1 aliphatic heterocycles. The first-order valence-electron chi connectivity index (χ1n) is 36.2. The van der Waals surface area contributed by atoms with Crippen molar-refractivity contribution >= 4 is 87.4 Å². The van der Waals surface area contributed by atoms with Crippen molar-refractivity contribution in [1.82, 2.24) is 68.4 Å². The molecule has 1 fully saturated rings. The van der Waals surface area contributed by atoms with E-state index in [1.807, 2.05) is 84.0 Å². The number of hydrogen-bond donors (Lipinski definition) is 14. The summed E-state index contributed by atoms with van der Waals surface area (Å²) in [5.74, 6) is -8.63. The topological polar surface area (TPSA) is 403 Å². The number of primary amides is 1. The van der Waals surface area contributed by atoms with Gasteiger partial charge in [0.05, 0.1) is 6.61 Å². The number of halogens is 1. The van der Waals surface area contributed by atoms with Gasteiger partial charge in [-0.3, -0.25) is 57.7 Å². The Bertz CT molecular complexity index is 3740. The molecule has 0 aliphatic carbocycles. The molecule has 570 valence electrons. The van der Waals surface area contributed by atoms with Crippen LogP contribution in [0.1, 0.15) is 142 Å². The van der Waals surface area contributed by atoms with Crippen molar-refractivity contribution in [2.24, 2.45) is 11.7 Å². The average Bonchev–Trinajstić information content (AvgIpc) is 1.13. The zero-order chi connectivity index (χ0) is 76.9. The molecule has 105 heavy (non-hydrogen) atoms. The van der Waals surface area contributed by atoms with Gasteiger partial charge in [-0.15, -0.1) is 0 Å². The van der Waals surface area contributed by atoms with Crippen LogP contribution < -0.4 is 64.2 Å². The van der Waals surface area contributed by atoms with Gasteiger partial charge in [-0.2, -0.15) is 0 Å². The number of benzene rings is 4. The minimum Gasteiger partial charge on any atom is -0.508 e. The number of aromatic nitrogens is 1. The van der Waals surface area contributed by atoms with E-state index in [0.717, 1.165) is 16.3 Å². The van der Waals surface area contributed by atoms with E-state index in [1.165, 1.54) is 50.2 Å². The van der Waals surface area contributed by atoms with Gasteiger partial charge < -0.3 is 79.3 Å². The molecule has 10 unspecified atom stereocenters. The third kappa shape index (κ3) is 27.8. The van der Waals surface area contributed by atoms with E-state index < -0.39 is 132 Å². The van der Waals surface area contributed by atoms with Gasteiger partial charge in [0.25, 0.3) is 0 Å². The minimum atomic E-state index is -1.86. The number of aliphatic hydroxyl groups is 1. The molecule has 10 atom stereocenters. The fourth-order valence-corrected chi connectivity index (χ4v) is 12.5. The SMILES string of the molecule is CC(=O)NC(Cc1ccc2ccccc2c1)C(=O)NC(C)(Cc1ccc(Cl)cc1)C(=O)NC(Cc1cccnc1)C(=O)NC(CO)C(=O)NC(CCCCNC(C)C)C(=O)NC(Cc1ccc(O)cc1)C(=O)NC(CC(C)C)C(=O)NC(CCCCNC(C)C)C(=O)N1CCCC1C(=O)NC(C)C(N)=O. The lowest BCUT2D eigenvalue weighted by atomic mass is 9.90. The third-order valence-corrected chi connectivity index (χ3v) is 18.3. The van der Waals surface area contributed by atoms with Crippen molar-refractivity contribution in [2.45, 2.75) is 218 Å². The second-order valence-corrected chi connectivity index (χ2v) is 28.8. The number of amides is 11. The van der Waals surface area contributed by atoms with Crippen LogP contribution >= 0.6 is 11.6 Å². The number of carbonyl (C=O) groups is 11. The van der Waals surface area contributed by atoms with E-state index in [1.54, 1.807) is 48.5 Å². The van der Waals surface area contributed by atoms with Crippen LogP contribution in [0.5, 0.6) is 5.75 Å². The minimum absolute atomic E-state index is 0.0231. The van der Waals surface area contributed by atoms with Crippen molar-refractivity contribution in [3.63, 3.8) is 0 Å². The zero-order valence-corrected chi connectivity index (χ0v) is 62.4. The summed E-state index contributed by atoms with van der Waals surface area (Å²) < 4.78 is 0. The van der Waals surface area contributed by atoms with Gasteiger partial charge in [0, 0.05) is 68.7 Å². The van der Waals surface area contributed by atoms with Crippen LogP contribution in [-0.4, -0.2) is 183 Å². The maximum Gasteiger partial charge on any atom is 0.246 e. The summed E-state index contributed by atoms with van der Waals surface area (Å²) in [5, 5.41) is 55.0. The first kappa shape index (κ1) is 84.4. The lowest BCUT2D eigenvalue weighted by molar-refractivity contribution is -0.142. The van der Waals surface area contributed by atoms with E-state index in [9.17, 15) is 48.6 Å². The number of nitrogens with zero attached hydrogens (tertiary/aromatic N) is 2. The lowest BCUT2D eigenvalue weighted by Crippen LogP contribution is -2.65. The highest BCUT2D eigenvalue weighted by Gasteiger charge is 2.42. The summed E-state index contributed by atoms with van der Waals surface area (Å²) in [6.07, 6.45) is 5.40. The number of rotatable bonds is 42. The molecule has 0 saturated carbocycles. The van der Waals surface area contributed by atoms with Crippen LogP contribution in [0.4, 0.5) is 0 Å². The van der Waals surface area contributed by atoms with Crippen LogP contribution in [0.2, 0.25) is 5.02 Å². The van der Waals surface area contributed by atoms with Gasteiger partial charge in [-0.25, -0.2) is 0 Å². The van der Waals surface area contributed by atoms with Gasteiger partial charge in [-0.05, 0) is 154 Å². The summed E-state index contributed by atoms with van der Waals surface area (Å²) in [6.45, 7) is 16.1. The second-order valence-electron chi connectivity index (χ2n) is 28.4. The number of nitrogens with two attached hydrogens (primary N) is 1. The highest BCUT2D eigenvalue weighted by Crippen LogP contribution is 2.24. The molecular formula is C77H107ClN14O13. The second kappa shape index (κ2) is 41.8. The molecule has 2 heterocycles. The van der Waals surface area contributed by atoms with E-state index >= 15 is 14.4 Å². The van der Waals surface area contributed by atoms with E-state index in [-0.39, 0.29) is 75.2 Å². The molecule has 1 saturated heterocycles. The van der Waals surface area contributed by atoms with Crippen molar-refractivity contribution < 1.29 is 63.0 Å². The fourth-order valence-electron chi connectivity index (χ4n) is 12.4. The molecule has 1 aromatic heterocycles. The molecule has 28 heteroatoms. The lowest BCUT2D eigenvalue weighted by Gasteiger charge is -2.33. The highest BCUT2D eigenvalue weighted by molar-refractivity contribution is 6.30. The van der Waals surface area contributed by atoms with Crippen LogP contribution in [0.25, 0.3) is 10.8 Å². The van der Waals surface area contributed by atoms with Gasteiger partial charge >= 0.3 is 0 Å². The van der Waals surface area contributed by atoms with Crippen molar-refractivity contribution in [2.75, 3.05) is 26.2 Å². The Morgan fingerprint density at radius 3 is 1.70 bits per heavy atom. The van der Waals surface area contributed by atoms with Gasteiger partial charge in [-0.1, -0.05) is 126 Å². The summed E-state index contributed by atoms with van der Waals surface area (Å²) in [6, 6.07) is 17.5. The molecule has 11 amide bonds. The van der Waals surface area contributed by atoms with Crippen LogP contribution in [0.3, 0.4) is 0 Å². The molecule has 0 bridgehead atoms. The number of phenols is 1. The highest BCUT2D eigenvalue weighted by atomic mass is 35.5. The number of hydrogen-bond acceptors (Lipinski definition) is 16. The molecule has 0 radical (unpaired) electrons. The molecule has 5 aromatic rings. The van der Waals surface area contributed by atoms with Gasteiger partial charge in [0.2, 0.25) is 65.0 Å². The smallest absolute Gasteiger partial charge is 0.246 e. The monoisotopic (exact) mass is 1470 g/mol. The molecule has 4 aromatic carbocycles. The fraction of sp³-hybridized carbons (Fsp3) is 0.506. The predicted octanol–water partition coefficient (Wildman–Crippen LogP) is 3.51. The van der Waals surface area contributed by atoms with Gasteiger partial charge in [0.15, 0.2) is 0 Å². The maximum absolute atomic E-state index is 15.2. The molecular weight excluding hydrogens is 1360 g/mol. The molecule has 15 N–H and O–H groups in total. The number of aliphatic hydroxyl groups excluding tert-OH is 1. The Hall–Kier alpha value is -9.57. The zero-order valence-electron chi connectivity index (χ0n) is 61.7. The number of unbranched alkanes of at least 4 members (excludes halogenated alkanes) is 2. The summed E-state index contributed by atoms with van der Waals surface area (Å²) in [4.78, 5) is 163. The van der Waals surface area contributed by atoms with Crippen LogP contribution in [0.15, 0.2) is 116 Å². The van der Waals surface area contributed by atoms with Gasteiger partial charge in [0.1, 0.15) is 65.7 Å². The van der Waals surface area contributed by atoms with E-state index in [4.69, 9.17) is 17.3 Å². The summed E-state index contributed by atoms with van der Waals surface area (Å²) in [7, 11) is 0. The Labute approximate surface area is 620 Å². The Balaban J connectivity index is 1.27. The molecule has 27 nitrogen and oxygen atoms in total. The van der Waals surface area contributed by atoms with Crippen LogP contribution in [0, 0.1) is 5.92 Å². The number of likely N-dealkylation sites (tertiary alicyclic amines) is 1. The van der Waals surface area contributed by atoms with Crippen molar-refractivity contribution in [3.05, 3.63) is 143 Å². The van der Waals surface area contributed by atoms with Crippen LogP contribution in [-0.2, 0) is 78.4 Å². The van der Waals surface area contributed by atoms with Crippen molar-refractivity contribution in [1.29, 1.82) is 0 Å². The number of carbonyl (C=O) groups excluding carboxylic acids is 11. The number of aromatic hydroxyl groups is 1. The molecule has 1 aliphatic rings. The third-order valence-electron chi connectivity index (χ3n) is 18.1. The number of nitrogens with one attached hydrogen (secondary N) is 11. The summed E-state index contributed by atoms with van der Waals surface area (Å²) >= 11 is 6.28. The number of phenolic OH excluding ortho intramolecular Hbond substituents is 1. The summed E-state index contributed by atoms with van der Waals surface area (Å²) in [5.41, 5.74) is 5.80. The average molecular weight is 1470 g/mol.